The topological polar surface area (TPSA) is 79.4 Å². The Morgan fingerprint density at radius 1 is 1.24 bits per heavy atom. The van der Waals surface area contributed by atoms with Crippen molar-refractivity contribution in [2.75, 3.05) is 33.0 Å². The van der Waals surface area contributed by atoms with Crippen LogP contribution in [0.1, 0.15) is 43.7 Å². The molecular formula is C28H38N6. The van der Waals surface area contributed by atoms with E-state index in [1.165, 1.54) is 0 Å². The minimum atomic E-state index is 0.377. The van der Waals surface area contributed by atoms with E-state index in [-0.39, 0.29) is 0 Å². The van der Waals surface area contributed by atoms with E-state index >= 15 is 0 Å². The molecule has 3 N–H and O–H groups in total. The van der Waals surface area contributed by atoms with E-state index in [4.69, 9.17) is 15.7 Å². The first kappa shape index (κ1) is 25.4. The lowest BCUT2D eigenvalue weighted by Gasteiger charge is -2.29. The van der Waals surface area contributed by atoms with Gasteiger partial charge in [-0.1, -0.05) is 36.9 Å². The van der Waals surface area contributed by atoms with Gasteiger partial charge in [0.15, 0.2) is 5.82 Å². The molecule has 1 fully saturated rings. The fourth-order valence-corrected chi connectivity index (χ4v) is 4.38. The van der Waals surface area contributed by atoms with Crippen molar-refractivity contribution in [3.63, 3.8) is 0 Å². The van der Waals surface area contributed by atoms with E-state index in [2.05, 4.69) is 41.3 Å². The van der Waals surface area contributed by atoms with Crippen LogP contribution >= 0.6 is 0 Å². The Labute approximate surface area is 204 Å². The van der Waals surface area contributed by atoms with Crippen molar-refractivity contribution in [1.29, 1.82) is 0 Å². The van der Waals surface area contributed by atoms with Crippen molar-refractivity contribution >= 4 is 23.2 Å². The van der Waals surface area contributed by atoms with Crippen molar-refractivity contribution < 1.29 is 0 Å². The Morgan fingerprint density at radius 2 is 2.00 bits per heavy atom. The predicted octanol–water partition coefficient (Wildman–Crippen LogP) is 5.27. The number of allylic oxidation sites excluding steroid dienone is 4. The molecule has 0 saturated heterocycles. The molecular weight excluding hydrogens is 420 g/mol. The van der Waals surface area contributed by atoms with Gasteiger partial charge in [-0.3, -0.25) is 4.99 Å². The van der Waals surface area contributed by atoms with Gasteiger partial charge >= 0.3 is 0 Å². The number of hydrogen-bond donors (Lipinski definition) is 2. The third-order valence-electron chi connectivity index (χ3n) is 6.27. The molecule has 0 amide bonds. The number of aromatic nitrogens is 2. The lowest BCUT2D eigenvalue weighted by Crippen LogP contribution is -2.29. The first-order valence-corrected chi connectivity index (χ1v) is 12.0. The third kappa shape index (κ3) is 6.41. The molecule has 1 aliphatic rings. The highest BCUT2D eigenvalue weighted by atomic mass is 15.1. The van der Waals surface area contributed by atoms with Gasteiger partial charge in [-0.2, -0.15) is 0 Å². The van der Waals surface area contributed by atoms with Crippen molar-refractivity contribution in [2.24, 2.45) is 16.6 Å². The van der Waals surface area contributed by atoms with E-state index in [0.717, 1.165) is 65.9 Å². The normalized spacial score (nSPS) is 19.3. The largest absolute Gasteiger partial charge is 0.383 e. The molecule has 1 aromatic carbocycles. The average molecular weight is 459 g/mol. The zero-order chi connectivity index (χ0) is 24.5. The van der Waals surface area contributed by atoms with Gasteiger partial charge in [0.05, 0.1) is 0 Å². The SMILES string of the molecule is C=C/C(=C\N(C)C)c1cccc(-c2ncc(/C(C=NC)=C/C)c(NC3CCC(CN)CC3)n2)c1. The number of hydrogen-bond acceptors (Lipinski definition) is 6. The predicted molar refractivity (Wildman–Crippen MR) is 146 cm³/mol. The van der Waals surface area contributed by atoms with Gasteiger partial charge in [0, 0.05) is 62.5 Å². The Balaban J connectivity index is 1.99. The summed E-state index contributed by atoms with van der Waals surface area (Å²) in [6.45, 7) is 6.77. The maximum absolute atomic E-state index is 5.89. The highest BCUT2D eigenvalue weighted by molar-refractivity contribution is 6.11. The lowest BCUT2D eigenvalue weighted by atomic mass is 9.86. The number of nitrogens with zero attached hydrogens (tertiary/aromatic N) is 4. The van der Waals surface area contributed by atoms with Crippen LogP contribution in [0, 0.1) is 5.92 Å². The van der Waals surface area contributed by atoms with Crippen LogP contribution in [0.25, 0.3) is 22.5 Å². The summed E-state index contributed by atoms with van der Waals surface area (Å²) in [4.78, 5) is 16.0. The van der Waals surface area contributed by atoms with Crippen LogP contribution in [-0.2, 0) is 0 Å². The number of benzene rings is 1. The van der Waals surface area contributed by atoms with Crippen LogP contribution in [0.3, 0.4) is 0 Å². The van der Waals surface area contributed by atoms with E-state index in [1.54, 1.807) is 7.05 Å². The first-order valence-electron chi connectivity index (χ1n) is 12.0. The maximum Gasteiger partial charge on any atom is 0.161 e. The number of anilines is 1. The van der Waals surface area contributed by atoms with Gasteiger partial charge in [0.1, 0.15) is 5.82 Å². The molecule has 0 unspecified atom stereocenters. The number of nitrogens with two attached hydrogens (primary N) is 1. The van der Waals surface area contributed by atoms with E-state index < -0.39 is 0 Å². The van der Waals surface area contributed by atoms with Gasteiger partial charge in [-0.25, -0.2) is 9.97 Å². The van der Waals surface area contributed by atoms with E-state index in [9.17, 15) is 0 Å². The van der Waals surface area contributed by atoms with Crippen LogP contribution in [0.5, 0.6) is 0 Å². The monoisotopic (exact) mass is 458 g/mol. The lowest BCUT2D eigenvalue weighted by molar-refractivity contribution is 0.344. The standard InChI is InChI=1S/C28H38N6/c1-6-21(17-30-3)26-18-31-27(33-28(26)32-25-13-11-20(16-29)12-14-25)24-10-8-9-23(15-24)22(7-2)19-34(4)5/h6-10,15,17-20,25H,2,11-14,16,29H2,1,3-5H3,(H,31,32,33)/b21-6+,22-19+,30-17?. The van der Waals surface area contributed by atoms with Crippen LogP contribution in [0.15, 0.2) is 60.4 Å². The maximum atomic E-state index is 5.89. The van der Waals surface area contributed by atoms with Crippen molar-refractivity contribution in [3.8, 4) is 11.4 Å². The van der Waals surface area contributed by atoms with Gasteiger partial charge < -0.3 is 16.0 Å². The summed E-state index contributed by atoms with van der Waals surface area (Å²) < 4.78 is 0. The molecule has 0 spiro atoms. The molecule has 34 heavy (non-hydrogen) atoms. The number of rotatable bonds is 9. The number of nitrogens with one attached hydrogen (secondary N) is 1. The minimum absolute atomic E-state index is 0.377. The minimum Gasteiger partial charge on any atom is -0.383 e. The fourth-order valence-electron chi connectivity index (χ4n) is 4.38. The summed E-state index contributed by atoms with van der Waals surface area (Å²) >= 11 is 0. The van der Waals surface area contributed by atoms with Crippen LogP contribution in [0.4, 0.5) is 5.82 Å². The molecule has 1 heterocycles. The van der Waals surface area contributed by atoms with Gasteiger partial charge in [0.2, 0.25) is 0 Å². The Hall–Kier alpha value is -3.25. The number of aliphatic imine (C=N–C) groups is 1. The second kappa shape index (κ2) is 12.3. The summed E-state index contributed by atoms with van der Waals surface area (Å²) in [6.07, 6.45) is 14.2. The quantitative estimate of drug-likeness (QED) is 0.395. The van der Waals surface area contributed by atoms with E-state index in [0.29, 0.717) is 17.8 Å². The molecule has 1 saturated carbocycles. The third-order valence-corrected chi connectivity index (χ3v) is 6.27. The van der Waals surface area contributed by atoms with Crippen molar-refractivity contribution in [1.82, 2.24) is 14.9 Å². The van der Waals surface area contributed by atoms with Crippen LogP contribution in [0.2, 0.25) is 0 Å². The zero-order valence-electron chi connectivity index (χ0n) is 21.0. The van der Waals surface area contributed by atoms with Gasteiger partial charge in [0.25, 0.3) is 0 Å². The molecule has 180 valence electrons. The van der Waals surface area contributed by atoms with Gasteiger partial charge in [-0.05, 0) is 62.3 Å². The summed E-state index contributed by atoms with van der Waals surface area (Å²) in [5, 5.41) is 3.72. The molecule has 1 aliphatic carbocycles. The average Bonchev–Trinajstić information content (AvgIpc) is 2.86. The molecule has 1 aromatic heterocycles. The second-order valence-electron chi connectivity index (χ2n) is 9.02. The molecule has 6 nitrogen and oxygen atoms in total. The molecule has 3 rings (SSSR count). The van der Waals surface area contributed by atoms with Crippen molar-refractivity contribution in [3.05, 3.63) is 66.5 Å². The summed E-state index contributed by atoms with van der Waals surface area (Å²) in [5.41, 5.74) is 11.0. The zero-order valence-corrected chi connectivity index (χ0v) is 21.0. The van der Waals surface area contributed by atoms with Crippen LogP contribution in [-0.4, -0.2) is 54.8 Å². The summed E-state index contributed by atoms with van der Waals surface area (Å²) in [7, 11) is 5.79. The fraction of sp³-hybridized carbons (Fsp3) is 0.393. The van der Waals surface area contributed by atoms with Crippen LogP contribution < -0.4 is 11.1 Å². The highest BCUT2D eigenvalue weighted by Gasteiger charge is 2.22. The Bertz CT molecular complexity index is 1060. The second-order valence-corrected chi connectivity index (χ2v) is 9.02. The van der Waals surface area contributed by atoms with Gasteiger partial charge in [-0.15, -0.1) is 0 Å². The molecule has 6 heteroatoms. The molecule has 0 radical (unpaired) electrons. The molecule has 2 aromatic rings. The summed E-state index contributed by atoms with van der Waals surface area (Å²) in [6, 6.07) is 8.67. The van der Waals surface area contributed by atoms with Crippen molar-refractivity contribution in [2.45, 2.75) is 38.6 Å². The summed E-state index contributed by atoms with van der Waals surface area (Å²) in [5.74, 6) is 2.18. The molecule has 0 atom stereocenters. The smallest absolute Gasteiger partial charge is 0.161 e. The molecule has 0 bridgehead atoms. The first-order chi connectivity index (χ1) is 16.5. The highest BCUT2D eigenvalue weighted by Crippen LogP contribution is 2.30. The Morgan fingerprint density at radius 3 is 2.62 bits per heavy atom. The van der Waals surface area contributed by atoms with E-state index in [1.807, 2.05) is 56.5 Å². The Kier molecular flexibility index (Phi) is 9.16. The molecule has 0 aliphatic heterocycles.